The maximum absolute atomic E-state index is 11.5. The molecule has 1 aromatic carbocycles. The first kappa shape index (κ1) is 18.9. The third-order valence-corrected chi connectivity index (χ3v) is 3.04. The van der Waals surface area contributed by atoms with E-state index in [1.807, 2.05) is 0 Å². The van der Waals surface area contributed by atoms with Crippen LogP contribution in [0.3, 0.4) is 0 Å². The predicted octanol–water partition coefficient (Wildman–Crippen LogP) is 1.28. The van der Waals surface area contributed by atoms with Crippen LogP contribution in [0.5, 0.6) is 0 Å². The van der Waals surface area contributed by atoms with E-state index in [1.54, 1.807) is 45.0 Å². The lowest BCUT2D eigenvalue weighted by molar-refractivity contribution is 0.0123. The van der Waals surface area contributed by atoms with E-state index in [0.29, 0.717) is 11.1 Å². The standard InChI is InChI=1S/C16H25N3O4/c1-16(2,3)23-15(22)19-9-8-12(20)13(21)10-4-6-11(7-5-10)14(17)18/h4-7,12-13,20-21H,8-9H2,1-3H3,(H3,17,18)(H,19,22). The summed E-state index contributed by atoms with van der Waals surface area (Å²) in [5.74, 6) is -0.0619. The number of ether oxygens (including phenoxy) is 1. The monoisotopic (exact) mass is 323 g/mol. The Morgan fingerprint density at radius 2 is 1.87 bits per heavy atom. The lowest BCUT2D eigenvalue weighted by Crippen LogP contribution is -2.34. The van der Waals surface area contributed by atoms with Crippen LogP contribution in [0.15, 0.2) is 24.3 Å². The fraction of sp³-hybridized carbons (Fsp3) is 0.500. The molecule has 7 heteroatoms. The molecule has 2 unspecified atom stereocenters. The molecule has 0 bridgehead atoms. The summed E-state index contributed by atoms with van der Waals surface area (Å²) < 4.78 is 5.07. The van der Waals surface area contributed by atoms with Crippen molar-refractivity contribution >= 4 is 11.9 Å². The number of hydrogen-bond donors (Lipinski definition) is 5. The molecular formula is C16H25N3O4. The number of hydrogen-bond acceptors (Lipinski definition) is 5. The van der Waals surface area contributed by atoms with Crippen molar-refractivity contribution in [1.29, 1.82) is 5.41 Å². The van der Waals surface area contributed by atoms with E-state index in [0.717, 1.165) is 0 Å². The van der Waals surface area contributed by atoms with Gasteiger partial charge in [-0.25, -0.2) is 4.79 Å². The number of nitrogens with one attached hydrogen (secondary N) is 2. The van der Waals surface area contributed by atoms with Gasteiger partial charge in [-0.3, -0.25) is 5.41 Å². The Balaban J connectivity index is 2.46. The van der Waals surface area contributed by atoms with Crippen molar-refractivity contribution in [3.05, 3.63) is 35.4 Å². The van der Waals surface area contributed by atoms with E-state index < -0.39 is 23.9 Å². The zero-order valence-corrected chi connectivity index (χ0v) is 13.7. The highest BCUT2D eigenvalue weighted by atomic mass is 16.6. The van der Waals surface area contributed by atoms with Crippen LogP contribution in [0.1, 0.15) is 44.4 Å². The number of nitrogen functional groups attached to an aromatic ring is 1. The number of nitrogens with two attached hydrogens (primary N) is 1. The maximum Gasteiger partial charge on any atom is 0.407 e. The lowest BCUT2D eigenvalue weighted by atomic mass is 10.0. The lowest BCUT2D eigenvalue weighted by Gasteiger charge is -2.21. The van der Waals surface area contributed by atoms with Crippen LogP contribution in [0.25, 0.3) is 0 Å². The number of carbonyl (C=O) groups excluding carboxylic acids is 1. The van der Waals surface area contributed by atoms with Gasteiger partial charge in [0.05, 0.1) is 6.10 Å². The molecule has 0 aliphatic rings. The first-order chi connectivity index (χ1) is 10.6. The topological polar surface area (TPSA) is 129 Å². The molecule has 1 rings (SSSR count). The number of benzene rings is 1. The zero-order chi connectivity index (χ0) is 17.6. The Labute approximate surface area is 136 Å². The molecule has 2 atom stereocenters. The molecule has 128 valence electrons. The average molecular weight is 323 g/mol. The van der Waals surface area contributed by atoms with Crippen LogP contribution in [-0.4, -0.2) is 40.4 Å². The molecule has 1 aromatic rings. The third-order valence-electron chi connectivity index (χ3n) is 3.04. The summed E-state index contributed by atoms with van der Waals surface area (Å²) in [7, 11) is 0. The molecule has 6 N–H and O–H groups in total. The second kappa shape index (κ2) is 7.94. The van der Waals surface area contributed by atoms with Crippen molar-refractivity contribution in [2.75, 3.05) is 6.54 Å². The normalized spacial score (nSPS) is 14.0. The highest BCUT2D eigenvalue weighted by molar-refractivity contribution is 5.94. The van der Waals surface area contributed by atoms with Gasteiger partial charge in [0.1, 0.15) is 17.5 Å². The molecule has 0 aliphatic heterocycles. The summed E-state index contributed by atoms with van der Waals surface area (Å²) in [6, 6.07) is 6.41. The minimum absolute atomic E-state index is 0.0619. The van der Waals surface area contributed by atoms with Crippen LogP contribution in [0.2, 0.25) is 0 Å². The minimum atomic E-state index is -1.09. The largest absolute Gasteiger partial charge is 0.444 e. The fourth-order valence-corrected chi connectivity index (χ4v) is 1.88. The Morgan fingerprint density at radius 1 is 1.30 bits per heavy atom. The maximum atomic E-state index is 11.5. The van der Waals surface area contributed by atoms with Crippen molar-refractivity contribution in [1.82, 2.24) is 5.32 Å². The molecule has 23 heavy (non-hydrogen) atoms. The van der Waals surface area contributed by atoms with Gasteiger partial charge in [-0.05, 0) is 32.8 Å². The molecule has 0 saturated heterocycles. The Morgan fingerprint density at radius 3 is 2.35 bits per heavy atom. The predicted molar refractivity (Wildman–Crippen MR) is 87.3 cm³/mol. The quantitative estimate of drug-likeness (QED) is 0.398. The van der Waals surface area contributed by atoms with E-state index in [4.69, 9.17) is 15.9 Å². The van der Waals surface area contributed by atoms with Crippen LogP contribution in [0, 0.1) is 5.41 Å². The number of aliphatic hydroxyl groups excluding tert-OH is 2. The summed E-state index contributed by atoms with van der Waals surface area (Å²) in [5, 5.41) is 29.9. The van der Waals surface area contributed by atoms with Gasteiger partial charge in [0.25, 0.3) is 0 Å². The smallest absolute Gasteiger partial charge is 0.407 e. The first-order valence-electron chi connectivity index (χ1n) is 7.37. The molecular weight excluding hydrogens is 298 g/mol. The van der Waals surface area contributed by atoms with Gasteiger partial charge < -0.3 is 26.0 Å². The van der Waals surface area contributed by atoms with Crippen LogP contribution in [-0.2, 0) is 4.74 Å². The van der Waals surface area contributed by atoms with Gasteiger partial charge in [-0.2, -0.15) is 0 Å². The highest BCUT2D eigenvalue weighted by Gasteiger charge is 2.20. The summed E-state index contributed by atoms with van der Waals surface area (Å²) in [4.78, 5) is 11.5. The number of amides is 1. The van der Waals surface area contributed by atoms with Gasteiger partial charge in [-0.1, -0.05) is 24.3 Å². The van der Waals surface area contributed by atoms with Crippen molar-refractivity contribution < 1.29 is 19.7 Å². The molecule has 0 heterocycles. The van der Waals surface area contributed by atoms with E-state index in [2.05, 4.69) is 5.32 Å². The molecule has 0 aliphatic carbocycles. The van der Waals surface area contributed by atoms with Gasteiger partial charge in [0, 0.05) is 12.1 Å². The average Bonchev–Trinajstić information content (AvgIpc) is 2.44. The third kappa shape index (κ3) is 6.66. The van der Waals surface area contributed by atoms with Gasteiger partial charge in [0.2, 0.25) is 0 Å². The summed E-state index contributed by atoms with van der Waals surface area (Å²) in [6.45, 7) is 5.46. The molecule has 0 fully saturated rings. The number of rotatable bonds is 6. The zero-order valence-electron chi connectivity index (χ0n) is 13.7. The number of alkyl carbamates (subject to hydrolysis) is 1. The first-order valence-corrected chi connectivity index (χ1v) is 7.37. The molecule has 7 nitrogen and oxygen atoms in total. The second-order valence-electron chi connectivity index (χ2n) is 6.27. The van der Waals surface area contributed by atoms with Gasteiger partial charge >= 0.3 is 6.09 Å². The molecule has 0 spiro atoms. The van der Waals surface area contributed by atoms with E-state index in [1.165, 1.54) is 0 Å². The van der Waals surface area contributed by atoms with Crippen LogP contribution >= 0.6 is 0 Å². The summed E-state index contributed by atoms with van der Waals surface area (Å²) >= 11 is 0. The minimum Gasteiger partial charge on any atom is -0.444 e. The number of amidine groups is 1. The van der Waals surface area contributed by atoms with E-state index in [-0.39, 0.29) is 18.8 Å². The van der Waals surface area contributed by atoms with Crippen LogP contribution in [0.4, 0.5) is 4.79 Å². The van der Waals surface area contributed by atoms with E-state index in [9.17, 15) is 15.0 Å². The van der Waals surface area contributed by atoms with Crippen molar-refractivity contribution in [3.63, 3.8) is 0 Å². The molecule has 0 radical (unpaired) electrons. The number of aliphatic hydroxyl groups is 2. The fourth-order valence-electron chi connectivity index (χ4n) is 1.88. The Bertz CT molecular complexity index is 537. The van der Waals surface area contributed by atoms with Gasteiger partial charge in [0.15, 0.2) is 0 Å². The molecule has 0 aromatic heterocycles. The Kier molecular flexibility index (Phi) is 6.53. The van der Waals surface area contributed by atoms with Crippen molar-refractivity contribution in [3.8, 4) is 0 Å². The highest BCUT2D eigenvalue weighted by Crippen LogP contribution is 2.19. The van der Waals surface area contributed by atoms with Crippen molar-refractivity contribution in [2.45, 2.75) is 45.0 Å². The summed E-state index contributed by atoms with van der Waals surface area (Å²) in [5.41, 5.74) is 5.83. The molecule has 0 saturated carbocycles. The molecule has 1 amide bonds. The SMILES string of the molecule is CC(C)(C)OC(=O)NCCC(O)C(O)c1ccc(C(=N)N)cc1. The number of carbonyl (C=O) groups is 1. The van der Waals surface area contributed by atoms with Crippen molar-refractivity contribution in [2.24, 2.45) is 5.73 Å². The Hall–Kier alpha value is -2.12. The second-order valence-corrected chi connectivity index (χ2v) is 6.27. The summed E-state index contributed by atoms with van der Waals surface area (Å²) in [6.07, 6.45) is -2.51. The van der Waals surface area contributed by atoms with Crippen LogP contribution < -0.4 is 11.1 Å². The van der Waals surface area contributed by atoms with E-state index >= 15 is 0 Å². The van der Waals surface area contributed by atoms with Gasteiger partial charge in [-0.15, -0.1) is 0 Å².